The molecule has 2 aromatic carbocycles. The van der Waals surface area contributed by atoms with Crippen molar-refractivity contribution in [3.63, 3.8) is 0 Å². The highest BCUT2D eigenvalue weighted by atomic mass is 16.5. The Bertz CT molecular complexity index is 676. The third-order valence-corrected chi connectivity index (χ3v) is 5.11. The third-order valence-electron chi connectivity index (χ3n) is 5.11. The van der Waals surface area contributed by atoms with Crippen molar-refractivity contribution in [1.29, 1.82) is 0 Å². The summed E-state index contributed by atoms with van der Waals surface area (Å²) in [5.74, 6) is 1.27. The molecule has 0 saturated heterocycles. The summed E-state index contributed by atoms with van der Waals surface area (Å²) in [5.41, 5.74) is 1.81. The zero-order chi connectivity index (χ0) is 18.2. The molecule has 1 aliphatic rings. The van der Waals surface area contributed by atoms with Crippen molar-refractivity contribution >= 4 is 5.91 Å². The number of carbonyl (C=O) groups is 1. The number of rotatable bonds is 7. The monoisotopic (exact) mass is 353 g/mol. The summed E-state index contributed by atoms with van der Waals surface area (Å²) in [6, 6.07) is 16.6. The fourth-order valence-electron chi connectivity index (χ4n) is 3.47. The van der Waals surface area contributed by atoms with E-state index in [4.69, 9.17) is 4.74 Å². The molecule has 1 saturated carbocycles. The number of aromatic hydroxyl groups is 1. The van der Waals surface area contributed by atoms with Crippen LogP contribution in [0.25, 0.3) is 0 Å². The maximum Gasteiger partial charge on any atom is 0.251 e. The normalized spacial score (nSPS) is 19.8. The standard InChI is InChI=1S/C22H27NO3/c24-21-12-10-20(11-13-21)22(25)23-14-17-6-8-19(9-7-17)16-26-15-18-4-2-1-3-5-18/h1-5,10-13,17,19,24H,6-9,14-16H2,(H,23,25)/t17-,19+. The smallest absolute Gasteiger partial charge is 0.251 e. The minimum absolute atomic E-state index is 0.0710. The number of carbonyl (C=O) groups excluding carboxylic acids is 1. The zero-order valence-corrected chi connectivity index (χ0v) is 15.1. The van der Waals surface area contributed by atoms with E-state index in [0.717, 1.165) is 38.8 Å². The highest BCUT2D eigenvalue weighted by Gasteiger charge is 2.21. The molecule has 138 valence electrons. The van der Waals surface area contributed by atoms with Crippen LogP contribution in [-0.4, -0.2) is 24.2 Å². The first kappa shape index (κ1) is 18.5. The van der Waals surface area contributed by atoms with Crippen LogP contribution in [0.15, 0.2) is 54.6 Å². The highest BCUT2D eigenvalue weighted by Crippen LogP contribution is 2.28. The molecular weight excluding hydrogens is 326 g/mol. The highest BCUT2D eigenvalue weighted by molar-refractivity contribution is 5.94. The lowest BCUT2D eigenvalue weighted by molar-refractivity contribution is 0.0664. The Morgan fingerprint density at radius 2 is 1.62 bits per heavy atom. The van der Waals surface area contributed by atoms with Gasteiger partial charge in [0.1, 0.15) is 5.75 Å². The van der Waals surface area contributed by atoms with Gasteiger partial charge in [0.05, 0.1) is 6.61 Å². The van der Waals surface area contributed by atoms with Gasteiger partial charge in [0.15, 0.2) is 0 Å². The molecule has 2 aromatic rings. The molecule has 0 bridgehead atoms. The Morgan fingerprint density at radius 1 is 0.962 bits per heavy atom. The summed E-state index contributed by atoms with van der Waals surface area (Å²) in [4.78, 5) is 12.1. The van der Waals surface area contributed by atoms with Gasteiger partial charge < -0.3 is 15.2 Å². The average molecular weight is 353 g/mol. The summed E-state index contributed by atoms with van der Waals surface area (Å²) >= 11 is 0. The maximum absolute atomic E-state index is 12.1. The van der Waals surface area contributed by atoms with Crippen LogP contribution in [0.2, 0.25) is 0 Å². The van der Waals surface area contributed by atoms with Gasteiger partial charge in [-0.15, -0.1) is 0 Å². The molecule has 26 heavy (non-hydrogen) atoms. The SMILES string of the molecule is O=C(NC[C@H]1CC[C@@H](COCc2ccccc2)CC1)c1ccc(O)cc1. The van der Waals surface area contributed by atoms with Crippen molar-refractivity contribution in [2.24, 2.45) is 11.8 Å². The van der Waals surface area contributed by atoms with Crippen molar-refractivity contribution in [3.05, 3.63) is 65.7 Å². The van der Waals surface area contributed by atoms with Crippen molar-refractivity contribution in [1.82, 2.24) is 5.32 Å². The molecule has 4 nitrogen and oxygen atoms in total. The van der Waals surface area contributed by atoms with Crippen molar-refractivity contribution in [2.75, 3.05) is 13.2 Å². The first-order valence-electron chi connectivity index (χ1n) is 9.39. The minimum atomic E-state index is -0.0710. The molecule has 0 aliphatic heterocycles. The van der Waals surface area contributed by atoms with Crippen LogP contribution in [0.3, 0.4) is 0 Å². The molecule has 1 fully saturated rings. The molecule has 0 aromatic heterocycles. The van der Waals surface area contributed by atoms with Gasteiger partial charge in [-0.1, -0.05) is 30.3 Å². The van der Waals surface area contributed by atoms with E-state index in [1.165, 1.54) is 17.7 Å². The van der Waals surface area contributed by atoms with E-state index in [0.29, 0.717) is 24.0 Å². The van der Waals surface area contributed by atoms with Crippen LogP contribution < -0.4 is 5.32 Å². The number of hydrogen-bond donors (Lipinski definition) is 2. The lowest BCUT2D eigenvalue weighted by Crippen LogP contribution is -2.31. The van der Waals surface area contributed by atoms with Crippen LogP contribution >= 0.6 is 0 Å². The number of benzene rings is 2. The Hall–Kier alpha value is -2.33. The molecule has 1 amide bonds. The fraction of sp³-hybridized carbons (Fsp3) is 0.409. The maximum atomic E-state index is 12.1. The first-order valence-corrected chi connectivity index (χ1v) is 9.39. The Kier molecular flexibility index (Phi) is 6.67. The van der Waals surface area contributed by atoms with Gasteiger partial charge in [0, 0.05) is 18.7 Å². The lowest BCUT2D eigenvalue weighted by atomic mass is 9.82. The minimum Gasteiger partial charge on any atom is -0.508 e. The van der Waals surface area contributed by atoms with E-state index >= 15 is 0 Å². The van der Waals surface area contributed by atoms with Gasteiger partial charge in [-0.25, -0.2) is 0 Å². The van der Waals surface area contributed by atoms with Gasteiger partial charge in [-0.05, 0) is 67.3 Å². The summed E-state index contributed by atoms with van der Waals surface area (Å²) in [7, 11) is 0. The second kappa shape index (κ2) is 9.39. The van der Waals surface area contributed by atoms with Gasteiger partial charge in [-0.3, -0.25) is 4.79 Å². The average Bonchev–Trinajstić information content (AvgIpc) is 2.68. The predicted molar refractivity (Wildman–Crippen MR) is 102 cm³/mol. The second-order valence-corrected chi connectivity index (χ2v) is 7.14. The number of amides is 1. The molecular formula is C22H27NO3. The summed E-state index contributed by atoms with van der Waals surface area (Å²) < 4.78 is 5.87. The fourth-order valence-corrected chi connectivity index (χ4v) is 3.47. The van der Waals surface area contributed by atoms with Crippen LogP contribution in [0.4, 0.5) is 0 Å². The Labute approximate surface area is 155 Å². The van der Waals surface area contributed by atoms with E-state index < -0.39 is 0 Å². The summed E-state index contributed by atoms with van der Waals surface area (Å²) in [5, 5.41) is 12.3. The quantitative estimate of drug-likeness (QED) is 0.786. The van der Waals surface area contributed by atoms with E-state index in [-0.39, 0.29) is 11.7 Å². The molecule has 4 heteroatoms. The first-order chi connectivity index (χ1) is 12.7. The molecule has 0 atom stereocenters. The summed E-state index contributed by atoms with van der Waals surface area (Å²) in [6.45, 7) is 2.22. The molecule has 3 rings (SSSR count). The van der Waals surface area contributed by atoms with Crippen molar-refractivity contribution < 1.29 is 14.6 Å². The van der Waals surface area contributed by atoms with Crippen LogP contribution in [-0.2, 0) is 11.3 Å². The topological polar surface area (TPSA) is 58.6 Å². The van der Waals surface area contributed by atoms with Crippen molar-refractivity contribution in [3.8, 4) is 5.75 Å². The van der Waals surface area contributed by atoms with E-state index in [1.54, 1.807) is 12.1 Å². The van der Waals surface area contributed by atoms with Crippen LogP contribution in [0, 0.1) is 11.8 Å². The molecule has 0 spiro atoms. The van der Waals surface area contributed by atoms with E-state index in [9.17, 15) is 9.90 Å². The van der Waals surface area contributed by atoms with Gasteiger partial charge in [0.2, 0.25) is 0 Å². The van der Waals surface area contributed by atoms with Gasteiger partial charge in [0.25, 0.3) is 5.91 Å². The molecule has 1 aliphatic carbocycles. The van der Waals surface area contributed by atoms with E-state index in [2.05, 4.69) is 17.4 Å². The number of hydrogen-bond acceptors (Lipinski definition) is 3. The molecule has 0 radical (unpaired) electrons. The van der Waals surface area contributed by atoms with Crippen molar-refractivity contribution in [2.45, 2.75) is 32.3 Å². The number of nitrogens with one attached hydrogen (secondary N) is 1. The molecule has 0 unspecified atom stereocenters. The predicted octanol–water partition coefficient (Wildman–Crippen LogP) is 4.15. The Balaban J connectivity index is 1.32. The van der Waals surface area contributed by atoms with Gasteiger partial charge in [-0.2, -0.15) is 0 Å². The summed E-state index contributed by atoms with van der Waals surface area (Å²) in [6.07, 6.45) is 4.59. The number of phenols is 1. The number of ether oxygens (including phenoxy) is 1. The number of phenolic OH excluding ortho intramolecular Hbond substituents is 1. The van der Waals surface area contributed by atoms with Crippen LogP contribution in [0.5, 0.6) is 5.75 Å². The van der Waals surface area contributed by atoms with Gasteiger partial charge >= 0.3 is 0 Å². The third kappa shape index (κ3) is 5.60. The van der Waals surface area contributed by atoms with Crippen LogP contribution in [0.1, 0.15) is 41.6 Å². The van der Waals surface area contributed by atoms with E-state index in [1.807, 2.05) is 18.2 Å². The molecule has 0 heterocycles. The second-order valence-electron chi connectivity index (χ2n) is 7.14. The zero-order valence-electron chi connectivity index (χ0n) is 15.1. The molecule has 2 N–H and O–H groups in total. The largest absolute Gasteiger partial charge is 0.508 e. The lowest BCUT2D eigenvalue weighted by Gasteiger charge is -2.28. The Morgan fingerprint density at radius 3 is 2.31 bits per heavy atom.